The van der Waals surface area contributed by atoms with E-state index in [9.17, 15) is 19.3 Å². The fourth-order valence-electron chi connectivity index (χ4n) is 3.50. The third-order valence-electron chi connectivity index (χ3n) is 4.88. The molecule has 0 bridgehead atoms. The standard InChI is InChI=1S/C21H19FN6O4/c1-12(2)26-15-6-4-5-7-16(15)27(21(26)29)19-8-9-23-20(25-19)24-14-11-17(28(30)31)13(22)10-18(14)32-3/h4-12H,1-3H3,(H,23,24,25). The van der Waals surface area contributed by atoms with Crippen LogP contribution >= 0.6 is 0 Å². The zero-order chi connectivity index (χ0) is 23.0. The summed E-state index contributed by atoms with van der Waals surface area (Å²) in [5.74, 6) is -0.635. The lowest BCUT2D eigenvalue weighted by Gasteiger charge is -2.11. The van der Waals surface area contributed by atoms with Crippen LogP contribution in [0.1, 0.15) is 19.9 Å². The first kappa shape index (κ1) is 21.0. The van der Waals surface area contributed by atoms with Gasteiger partial charge in [-0.3, -0.25) is 14.7 Å². The fraction of sp³-hybridized carbons (Fsp3) is 0.190. The van der Waals surface area contributed by atoms with Gasteiger partial charge in [0.05, 0.1) is 28.8 Å². The Hall–Kier alpha value is -4.28. The van der Waals surface area contributed by atoms with Crippen LogP contribution in [0.3, 0.4) is 0 Å². The predicted molar refractivity (Wildman–Crippen MR) is 116 cm³/mol. The van der Waals surface area contributed by atoms with Gasteiger partial charge in [0.15, 0.2) is 0 Å². The van der Waals surface area contributed by atoms with Gasteiger partial charge in [0.2, 0.25) is 11.8 Å². The van der Waals surface area contributed by atoms with E-state index in [0.29, 0.717) is 11.3 Å². The molecule has 0 fully saturated rings. The number of anilines is 2. The minimum atomic E-state index is -1.03. The largest absolute Gasteiger partial charge is 0.494 e. The lowest BCUT2D eigenvalue weighted by atomic mass is 10.2. The van der Waals surface area contributed by atoms with Crippen LogP contribution in [0, 0.1) is 15.9 Å². The summed E-state index contributed by atoms with van der Waals surface area (Å²) >= 11 is 0. The molecule has 2 aromatic carbocycles. The van der Waals surface area contributed by atoms with Crippen LogP contribution in [0.4, 0.5) is 21.7 Å². The number of ether oxygens (including phenoxy) is 1. The summed E-state index contributed by atoms with van der Waals surface area (Å²) in [5, 5.41) is 13.9. The first-order valence-electron chi connectivity index (χ1n) is 9.66. The number of methoxy groups -OCH3 is 1. The molecule has 0 radical (unpaired) electrons. The summed E-state index contributed by atoms with van der Waals surface area (Å²) in [5.41, 5.74) is 0.554. The molecule has 0 atom stereocenters. The topological polar surface area (TPSA) is 117 Å². The summed E-state index contributed by atoms with van der Waals surface area (Å²) in [6.07, 6.45) is 1.45. The molecule has 1 N–H and O–H groups in total. The Labute approximate surface area is 181 Å². The number of hydrogen-bond acceptors (Lipinski definition) is 7. The van der Waals surface area contributed by atoms with E-state index in [1.165, 1.54) is 17.9 Å². The van der Waals surface area contributed by atoms with Crippen molar-refractivity contribution in [2.75, 3.05) is 12.4 Å². The third kappa shape index (κ3) is 3.53. The van der Waals surface area contributed by atoms with Crippen LogP contribution in [0.25, 0.3) is 16.9 Å². The molecule has 164 valence electrons. The Morgan fingerprint density at radius 3 is 2.56 bits per heavy atom. The van der Waals surface area contributed by atoms with Crippen molar-refractivity contribution in [1.82, 2.24) is 19.1 Å². The van der Waals surface area contributed by atoms with E-state index in [1.807, 2.05) is 38.1 Å². The van der Waals surface area contributed by atoms with Gasteiger partial charge in [-0.25, -0.2) is 14.3 Å². The summed E-state index contributed by atoms with van der Waals surface area (Å²) in [6, 6.07) is 10.8. The Balaban J connectivity index is 1.82. The number of nitro groups is 1. The molecule has 0 aliphatic carbocycles. The van der Waals surface area contributed by atoms with Gasteiger partial charge in [-0.2, -0.15) is 9.37 Å². The van der Waals surface area contributed by atoms with Crippen molar-refractivity contribution in [3.05, 3.63) is 75.1 Å². The maximum absolute atomic E-state index is 13.9. The minimum Gasteiger partial charge on any atom is -0.494 e. The highest BCUT2D eigenvalue weighted by atomic mass is 19.1. The van der Waals surface area contributed by atoms with Crippen molar-refractivity contribution in [1.29, 1.82) is 0 Å². The molecule has 11 heteroatoms. The monoisotopic (exact) mass is 438 g/mol. The zero-order valence-corrected chi connectivity index (χ0v) is 17.4. The second kappa shape index (κ2) is 8.10. The van der Waals surface area contributed by atoms with Crippen LogP contribution in [0.15, 0.2) is 53.5 Å². The average molecular weight is 438 g/mol. The fourth-order valence-corrected chi connectivity index (χ4v) is 3.50. The quantitative estimate of drug-likeness (QED) is 0.358. The van der Waals surface area contributed by atoms with Gasteiger partial charge in [-0.05, 0) is 26.0 Å². The molecule has 2 aromatic heterocycles. The molecule has 4 aromatic rings. The van der Waals surface area contributed by atoms with Crippen LogP contribution in [-0.2, 0) is 0 Å². The molecule has 0 saturated carbocycles. The molecule has 0 spiro atoms. The molecule has 2 heterocycles. The predicted octanol–water partition coefficient (Wildman–Crippen LogP) is 3.96. The molecule has 10 nitrogen and oxygen atoms in total. The number of nitrogens with one attached hydrogen (secondary N) is 1. The molecule has 0 saturated heterocycles. The zero-order valence-electron chi connectivity index (χ0n) is 17.4. The number of fused-ring (bicyclic) bond motifs is 1. The van der Waals surface area contributed by atoms with Crippen LogP contribution in [0.5, 0.6) is 5.75 Å². The highest BCUT2D eigenvalue weighted by Gasteiger charge is 2.21. The first-order valence-corrected chi connectivity index (χ1v) is 9.66. The van der Waals surface area contributed by atoms with Crippen molar-refractivity contribution < 1.29 is 14.1 Å². The molecule has 0 amide bonds. The Bertz CT molecular complexity index is 1400. The van der Waals surface area contributed by atoms with Crippen LogP contribution in [-0.4, -0.2) is 31.1 Å². The van der Waals surface area contributed by atoms with Crippen molar-refractivity contribution in [2.45, 2.75) is 19.9 Å². The number of aromatic nitrogens is 4. The molecule has 32 heavy (non-hydrogen) atoms. The van der Waals surface area contributed by atoms with E-state index in [-0.39, 0.29) is 29.1 Å². The highest BCUT2D eigenvalue weighted by Crippen LogP contribution is 2.33. The number of hydrogen-bond donors (Lipinski definition) is 1. The van der Waals surface area contributed by atoms with Gasteiger partial charge >= 0.3 is 11.4 Å². The van der Waals surface area contributed by atoms with Crippen molar-refractivity contribution in [2.24, 2.45) is 0 Å². The number of benzene rings is 2. The van der Waals surface area contributed by atoms with Gasteiger partial charge in [0.25, 0.3) is 0 Å². The summed E-state index contributed by atoms with van der Waals surface area (Å²) < 4.78 is 22.2. The van der Waals surface area contributed by atoms with E-state index < -0.39 is 16.4 Å². The Morgan fingerprint density at radius 1 is 1.19 bits per heavy atom. The van der Waals surface area contributed by atoms with Gasteiger partial charge in [-0.15, -0.1) is 0 Å². The second-order valence-corrected chi connectivity index (χ2v) is 7.19. The lowest BCUT2D eigenvalue weighted by Crippen LogP contribution is -2.25. The minimum absolute atomic E-state index is 0.0377. The van der Waals surface area contributed by atoms with Crippen molar-refractivity contribution in [3.63, 3.8) is 0 Å². The van der Waals surface area contributed by atoms with Crippen molar-refractivity contribution in [3.8, 4) is 11.6 Å². The van der Waals surface area contributed by atoms with E-state index in [1.54, 1.807) is 10.6 Å². The number of para-hydroxylation sites is 2. The van der Waals surface area contributed by atoms with E-state index >= 15 is 0 Å². The molecule has 0 aliphatic rings. The maximum Gasteiger partial charge on any atom is 0.335 e. The van der Waals surface area contributed by atoms with Gasteiger partial charge in [0, 0.05) is 30.4 Å². The molecular formula is C21H19FN6O4. The molecule has 0 aliphatic heterocycles. The lowest BCUT2D eigenvalue weighted by molar-refractivity contribution is -0.387. The Kier molecular flexibility index (Phi) is 5.31. The average Bonchev–Trinajstić information content (AvgIpc) is 3.06. The smallest absolute Gasteiger partial charge is 0.335 e. The number of halogens is 1. The van der Waals surface area contributed by atoms with E-state index in [2.05, 4.69) is 15.3 Å². The summed E-state index contributed by atoms with van der Waals surface area (Å²) in [7, 11) is 1.31. The Morgan fingerprint density at radius 2 is 1.91 bits per heavy atom. The number of nitrogens with zero attached hydrogens (tertiary/aromatic N) is 5. The van der Waals surface area contributed by atoms with Gasteiger partial charge in [0.1, 0.15) is 11.6 Å². The van der Waals surface area contributed by atoms with E-state index in [0.717, 1.165) is 17.6 Å². The highest BCUT2D eigenvalue weighted by molar-refractivity contribution is 5.78. The van der Waals surface area contributed by atoms with Gasteiger partial charge < -0.3 is 10.1 Å². The summed E-state index contributed by atoms with van der Waals surface area (Å²) in [4.78, 5) is 32.0. The van der Waals surface area contributed by atoms with E-state index in [4.69, 9.17) is 4.74 Å². The number of imidazole rings is 1. The molecular weight excluding hydrogens is 419 g/mol. The van der Waals surface area contributed by atoms with Crippen molar-refractivity contribution >= 4 is 28.4 Å². The summed E-state index contributed by atoms with van der Waals surface area (Å²) in [6.45, 7) is 3.83. The van der Waals surface area contributed by atoms with Crippen LogP contribution in [0.2, 0.25) is 0 Å². The SMILES string of the molecule is COc1cc(F)c([N+](=O)[O-])cc1Nc1nccc(-n2c(=O)n(C(C)C)c3ccccc32)n1. The molecule has 4 rings (SSSR count). The van der Waals surface area contributed by atoms with Gasteiger partial charge in [-0.1, -0.05) is 12.1 Å². The third-order valence-corrected chi connectivity index (χ3v) is 4.88. The number of rotatable bonds is 6. The maximum atomic E-state index is 13.9. The van der Waals surface area contributed by atoms with Crippen LogP contribution < -0.4 is 15.7 Å². The first-order chi connectivity index (χ1) is 15.3. The second-order valence-electron chi connectivity index (χ2n) is 7.19. The normalized spacial score (nSPS) is 11.2. The number of nitro benzene ring substituents is 1. The molecule has 0 unspecified atom stereocenters.